The van der Waals surface area contributed by atoms with Gasteiger partial charge >= 0.3 is 0 Å². The monoisotopic (exact) mass is 473 g/mol. The van der Waals surface area contributed by atoms with Gasteiger partial charge in [-0.15, -0.1) is 0 Å². The number of amides is 1. The van der Waals surface area contributed by atoms with Crippen LogP contribution in [0.25, 0.3) is 11.4 Å². The van der Waals surface area contributed by atoms with Crippen LogP contribution in [-0.4, -0.2) is 52.0 Å². The molecule has 2 aromatic carbocycles. The average molecular weight is 474 g/mol. The first kappa shape index (κ1) is 23.7. The Bertz CT molecular complexity index is 1110. The molecule has 1 N–H and O–H groups in total. The molecule has 0 radical (unpaired) electrons. The summed E-state index contributed by atoms with van der Waals surface area (Å²) >= 11 is 0. The summed E-state index contributed by atoms with van der Waals surface area (Å²) in [4.78, 5) is 22.2. The highest BCUT2D eigenvalue weighted by atomic mass is 16.5. The first-order valence-electron chi connectivity index (χ1n) is 12.8. The van der Waals surface area contributed by atoms with E-state index in [0.717, 1.165) is 38.0 Å². The van der Waals surface area contributed by atoms with Gasteiger partial charge in [0, 0.05) is 24.6 Å². The lowest BCUT2D eigenvalue weighted by Gasteiger charge is -2.30. The van der Waals surface area contributed by atoms with E-state index in [9.17, 15) is 4.79 Å². The number of hydrogen-bond donors (Lipinski definition) is 1. The third-order valence-electron chi connectivity index (χ3n) is 7.16. The lowest BCUT2D eigenvalue weighted by Crippen LogP contribution is -2.40. The SMILES string of the molecule is Cc1ccc(-c2noc(CN3CCC(C(=O)NCc4cccc(CN5CCCC5)c4)CC3)n2)cc1. The van der Waals surface area contributed by atoms with Gasteiger partial charge in [-0.25, -0.2) is 0 Å². The van der Waals surface area contributed by atoms with Gasteiger partial charge in [-0.1, -0.05) is 59.3 Å². The molecule has 1 aromatic heterocycles. The number of likely N-dealkylation sites (tertiary alicyclic amines) is 2. The maximum atomic E-state index is 12.8. The number of aryl methyl sites for hydroxylation is 1. The number of aromatic nitrogens is 2. The van der Waals surface area contributed by atoms with Crippen molar-refractivity contribution in [2.45, 2.75) is 52.2 Å². The summed E-state index contributed by atoms with van der Waals surface area (Å²) in [6.45, 7) is 8.38. The molecule has 5 rings (SSSR count). The van der Waals surface area contributed by atoms with E-state index in [-0.39, 0.29) is 11.8 Å². The largest absolute Gasteiger partial charge is 0.352 e. The van der Waals surface area contributed by atoms with Crippen molar-refractivity contribution in [3.63, 3.8) is 0 Å². The lowest BCUT2D eigenvalue weighted by atomic mass is 9.96. The van der Waals surface area contributed by atoms with E-state index in [1.165, 1.54) is 42.6 Å². The Morgan fingerprint density at radius 1 is 0.971 bits per heavy atom. The van der Waals surface area contributed by atoms with Gasteiger partial charge in [-0.3, -0.25) is 14.6 Å². The molecular formula is C28H35N5O2. The maximum Gasteiger partial charge on any atom is 0.241 e. The third-order valence-corrected chi connectivity index (χ3v) is 7.16. The molecule has 2 saturated heterocycles. The fraction of sp³-hybridized carbons (Fsp3) is 0.464. The Kier molecular flexibility index (Phi) is 7.54. The number of benzene rings is 2. The normalized spacial score (nSPS) is 17.6. The van der Waals surface area contributed by atoms with Crippen LogP contribution < -0.4 is 5.32 Å². The van der Waals surface area contributed by atoms with E-state index < -0.39 is 0 Å². The zero-order chi connectivity index (χ0) is 24.0. The van der Waals surface area contributed by atoms with Crippen LogP contribution in [0.4, 0.5) is 0 Å². The van der Waals surface area contributed by atoms with Gasteiger partial charge < -0.3 is 9.84 Å². The molecule has 0 atom stereocenters. The second-order valence-electron chi connectivity index (χ2n) is 9.95. The van der Waals surface area contributed by atoms with Gasteiger partial charge in [0.05, 0.1) is 6.54 Å². The molecule has 35 heavy (non-hydrogen) atoms. The Morgan fingerprint density at radius 3 is 2.46 bits per heavy atom. The van der Waals surface area contributed by atoms with Crippen molar-refractivity contribution in [2.24, 2.45) is 5.92 Å². The Morgan fingerprint density at radius 2 is 1.69 bits per heavy atom. The van der Waals surface area contributed by atoms with E-state index in [1.807, 2.05) is 24.3 Å². The molecule has 1 amide bonds. The quantitative estimate of drug-likeness (QED) is 0.529. The second-order valence-corrected chi connectivity index (χ2v) is 9.95. The number of piperidine rings is 1. The lowest BCUT2D eigenvalue weighted by molar-refractivity contribution is -0.126. The first-order chi connectivity index (χ1) is 17.1. The minimum Gasteiger partial charge on any atom is -0.352 e. The zero-order valence-electron chi connectivity index (χ0n) is 20.6. The highest BCUT2D eigenvalue weighted by Crippen LogP contribution is 2.21. The van der Waals surface area contributed by atoms with E-state index in [2.05, 4.69) is 56.4 Å². The standard InChI is InChI=1S/C28H35N5O2/c1-21-7-9-24(10-8-21)27-30-26(35-31-27)20-33-15-11-25(12-16-33)28(34)29-18-22-5-4-6-23(17-22)19-32-13-2-3-14-32/h4-10,17,25H,2-3,11-16,18-20H2,1H3,(H,29,34). The van der Waals surface area contributed by atoms with E-state index >= 15 is 0 Å². The van der Waals surface area contributed by atoms with Crippen LogP contribution >= 0.6 is 0 Å². The molecule has 0 bridgehead atoms. The van der Waals surface area contributed by atoms with Crippen molar-refractivity contribution in [3.05, 3.63) is 71.1 Å². The molecule has 2 fully saturated rings. The van der Waals surface area contributed by atoms with Gasteiger partial charge in [-0.05, 0) is 69.9 Å². The topological polar surface area (TPSA) is 74.5 Å². The molecule has 0 saturated carbocycles. The number of nitrogens with one attached hydrogen (secondary N) is 1. The molecule has 7 nitrogen and oxygen atoms in total. The van der Waals surface area contributed by atoms with Gasteiger partial charge in [0.15, 0.2) is 0 Å². The number of carbonyl (C=O) groups is 1. The van der Waals surface area contributed by atoms with E-state index in [0.29, 0.717) is 24.8 Å². The molecule has 184 valence electrons. The predicted octanol–water partition coefficient (Wildman–Crippen LogP) is 4.17. The van der Waals surface area contributed by atoms with Crippen LogP contribution in [0, 0.1) is 12.8 Å². The van der Waals surface area contributed by atoms with Crippen LogP contribution in [0.3, 0.4) is 0 Å². The van der Waals surface area contributed by atoms with Crippen molar-refractivity contribution in [2.75, 3.05) is 26.2 Å². The Balaban J connectivity index is 1.06. The second kappa shape index (κ2) is 11.1. The summed E-state index contributed by atoms with van der Waals surface area (Å²) in [6.07, 6.45) is 4.30. The summed E-state index contributed by atoms with van der Waals surface area (Å²) in [5, 5.41) is 7.30. The third kappa shape index (κ3) is 6.35. The van der Waals surface area contributed by atoms with Crippen molar-refractivity contribution in [3.8, 4) is 11.4 Å². The van der Waals surface area contributed by atoms with Gasteiger partial charge in [0.25, 0.3) is 0 Å². The average Bonchev–Trinajstić information content (AvgIpc) is 3.56. The highest BCUT2D eigenvalue weighted by molar-refractivity contribution is 5.78. The number of rotatable bonds is 8. The number of hydrogen-bond acceptors (Lipinski definition) is 6. The van der Waals surface area contributed by atoms with Crippen LogP contribution in [0.15, 0.2) is 53.1 Å². The fourth-order valence-corrected chi connectivity index (χ4v) is 5.05. The van der Waals surface area contributed by atoms with Crippen LogP contribution in [-0.2, 0) is 24.4 Å². The summed E-state index contributed by atoms with van der Waals surface area (Å²) in [5.74, 6) is 1.47. The van der Waals surface area contributed by atoms with Crippen LogP contribution in [0.1, 0.15) is 48.3 Å². The number of carbonyl (C=O) groups excluding carboxylic acids is 1. The van der Waals surface area contributed by atoms with Crippen molar-refractivity contribution < 1.29 is 9.32 Å². The van der Waals surface area contributed by atoms with Crippen molar-refractivity contribution in [1.82, 2.24) is 25.3 Å². The number of nitrogens with zero attached hydrogens (tertiary/aromatic N) is 4. The molecule has 3 aromatic rings. The zero-order valence-corrected chi connectivity index (χ0v) is 20.6. The van der Waals surface area contributed by atoms with E-state index in [4.69, 9.17) is 4.52 Å². The Hall–Kier alpha value is -3.03. The Labute approximate surface area is 207 Å². The van der Waals surface area contributed by atoms with Gasteiger partial charge in [0.1, 0.15) is 0 Å². The molecule has 0 unspecified atom stereocenters. The molecule has 0 aliphatic carbocycles. The molecule has 2 aliphatic rings. The molecule has 3 heterocycles. The molecule has 0 spiro atoms. The van der Waals surface area contributed by atoms with Crippen molar-refractivity contribution >= 4 is 5.91 Å². The fourth-order valence-electron chi connectivity index (χ4n) is 5.05. The van der Waals surface area contributed by atoms with Gasteiger partial charge in [0.2, 0.25) is 17.6 Å². The first-order valence-corrected chi connectivity index (χ1v) is 12.8. The van der Waals surface area contributed by atoms with Crippen LogP contribution in [0.2, 0.25) is 0 Å². The van der Waals surface area contributed by atoms with Crippen LogP contribution in [0.5, 0.6) is 0 Å². The van der Waals surface area contributed by atoms with Crippen molar-refractivity contribution in [1.29, 1.82) is 0 Å². The van der Waals surface area contributed by atoms with E-state index in [1.54, 1.807) is 0 Å². The summed E-state index contributed by atoms with van der Waals surface area (Å²) in [6, 6.07) is 16.7. The highest BCUT2D eigenvalue weighted by Gasteiger charge is 2.26. The summed E-state index contributed by atoms with van der Waals surface area (Å²) in [7, 11) is 0. The summed E-state index contributed by atoms with van der Waals surface area (Å²) < 4.78 is 5.48. The summed E-state index contributed by atoms with van der Waals surface area (Å²) in [5.41, 5.74) is 4.67. The molecule has 2 aliphatic heterocycles. The predicted molar refractivity (Wildman–Crippen MR) is 135 cm³/mol. The minimum absolute atomic E-state index is 0.0600. The van der Waals surface area contributed by atoms with Gasteiger partial charge in [-0.2, -0.15) is 4.98 Å². The smallest absolute Gasteiger partial charge is 0.241 e. The molecular weight excluding hydrogens is 438 g/mol. The maximum absolute atomic E-state index is 12.8. The molecule has 7 heteroatoms. The minimum atomic E-state index is 0.0600.